The van der Waals surface area contributed by atoms with Crippen molar-refractivity contribution in [2.75, 3.05) is 12.4 Å². The van der Waals surface area contributed by atoms with Gasteiger partial charge in [0.05, 0.1) is 18.5 Å². The van der Waals surface area contributed by atoms with Crippen molar-refractivity contribution in [3.8, 4) is 5.75 Å². The Kier molecular flexibility index (Phi) is 3.67. The predicted molar refractivity (Wildman–Crippen MR) is 72.6 cm³/mol. The Morgan fingerprint density at radius 2 is 1.94 bits per heavy atom. The number of para-hydroxylation sites is 2. The molecule has 17 heavy (non-hydrogen) atoms. The second-order valence-corrected chi connectivity index (χ2v) is 3.78. The van der Waals surface area contributed by atoms with Crippen LogP contribution in [-0.4, -0.2) is 17.1 Å². The van der Waals surface area contributed by atoms with E-state index < -0.39 is 0 Å². The number of hydrogen-bond donors (Lipinski definition) is 1. The first-order valence-electron chi connectivity index (χ1n) is 5.16. The largest absolute Gasteiger partial charge is 0.495 e. The molecule has 0 unspecified atom stereocenters. The molecule has 0 aliphatic rings. The quantitative estimate of drug-likeness (QED) is 0.842. The number of aromatic nitrogens is 1. The van der Waals surface area contributed by atoms with Crippen LogP contribution in [0, 0.1) is 0 Å². The van der Waals surface area contributed by atoms with Crippen LogP contribution >= 0.6 is 12.2 Å². The summed E-state index contributed by atoms with van der Waals surface area (Å²) < 4.78 is 5.24. The van der Waals surface area contributed by atoms with Crippen molar-refractivity contribution in [3.63, 3.8) is 0 Å². The van der Waals surface area contributed by atoms with Crippen molar-refractivity contribution in [1.29, 1.82) is 0 Å². The first kappa shape index (κ1) is 11.5. The van der Waals surface area contributed by atoms with Crippen molar-refractivity contribution >= 4 is 22.9 Å². The zero-order valence-electron chi connectivity index (χ0n) is 9.38. The van der Waals surface area contributed by atoms with Crippen LogP contribution in [0.25, 0.3) is 0 Å². The summed E-state index contributed by atoms with van der Waals surface area (Å²) in [5.41, 5.74) is 1.58. The third-order valence-electron chi connectivity index (χ3n) is 2.25. The average molecular weight is 244 g/mol. The molecule has 0 atom stereocenters. The van der Waals surface area contributed by atoms with Gasteiger partial charge in [-0.1, -0.05) is 30.4 Å². The molecule has 2 rings (SSSR count). The van der Waals surface area contributed by atoms with Gasteiger partial charge >= 0.3 is 0 Å². The molecule has 1 aromatic heterocycles. The lowest BCUT2D eigenvalue weighted by Crippen LogP contribution is -2.12. The molecule has 1 N–H and O–H groups in total. The summed E-state index contributed by atoms with van der Waals surface area (Å²) in [5, 5.41) is 3.12. The summed E-state index contributed by atoms with van der Waals surface area (Å²) in [6.07, 6.45) is 1.71. The monoisotopic (exact) mass is 244 g/mol. The topological polar surface area (TPSA) is 34.1 Å². The number of hydrogen-bond acceptors (Lipinski definition) is 3. The normalized spacial score (nSPS) is 9.71. The van der Waals surface area contributed by atoms with Gasteiger partial charge < -0.3 is 10.1 Å². The Hall–Kier alpha value is -1.94. The smallest absolute Gasteiger partial charge is 0.142 e. The van der Waals surface area contributed by atoms with Crippen LogP contribution in [0.4, 0.5) is 5.69 Å². The fourth-order valence-corrected chi connectivity index (χ4v) is 1.66. The van der Waals surface area contributed by atoms with Crippen molar-refractivity contribution in [3.05, 3.63) is 54.4 Å². The SMILES string of the molecule is COc1ccccc1NC(=S)c1ccccn1. The fraction of sp³-hybridized carbons (Fsp3) is 0.0769. The van der Waals surface area contributed by atoms with E-state index in [0.29, 0.717) is 4.99 Å². The van der Waals surface area contributed by atoms with Crippen LogP contribution in [0.1, 0.15) is 5.69 Å². The summed E-state index contributed by atoms with van der Waals surface area (Å²) in [7, 11) is 1.63. The third kappa shape index (κ3) is 2.79. The highest BCUT2D eigenvalue weighted by atomic mass is 32.1. The molecule has 0 radical (unpaired) electrons. The van der Waals surface area contributed by atoms with E-state index in [-0.39, 0.29) is 0 Å². The Labute approximate surface area is 105 Å². The summed E-state index contributed by atoms with van der Waals surface area (Å²) in [6.45, 7) is 0. The third-order valence-corrected chi connectivity index (χ3v) is 2.56. The maximum absolute atomic E-state index is 5.28. The molecule has 0 fully saturated rings. The van der Waals surface area contributed by atoms with Crippen molar-refractivity contribution < 1.29 is 4.74 Å². The lowest BCUT2D eigenvalue weighted by Gasteiger charge is -2.11. The van der Waals surface area contributed by atoms with E-state index in [0.717, 1.165) is 17.1 Å². The predicted octanol–water partition coefficient (Wildman–Crippen LogP) is 2.88. The van der Waals surface area contributed by atoms with Crippen molar-refractivity contribution in [2.45, 2.75) is 0 Å². The molecule has 2 aromatic rings. The highest BCUT2D eigenvalue weighted by Crippen LogP contribution is 2.23. The Balaban J connectivity index is 2.19. The molecular formula is C13H12N2OS. The maximum Gasteiger partial charge on any atom is 0.142 e. The van der Waals surface area contributed by atoms with Crippen LogP contribution < -0.4 is 10.1 Å². The summed E-state index contributed by atoms with van der Waals surface area (Å²) in [4.78, 5) is 4.76. The van der Waals surface area contributed by atoms with E-state index in [4.69, 9.17) is 17.0 Å². The molecular weight excluding hydrogens is 232 g/mol. The van der Waals surface area contributed by atoms with Crippen LogP contribution in [-0.2, 0) is 0 Å². The van der Waals surface area contributed by atoms with E-state index in [9.17, 15) is 0 Å². The van der Waals surface area contributed by atoms with Crippen LogP contribution in [0.3, 0.4) is 0 Å². The van der Waals surface area contributed by atoms with Gasteiger partial charge in [0, 0.05) is 6.20 Å². The van der Waals surface area contributed by atoms with Crippen molar-refractivity contribution in [2.24, 2.45) is 0 Å². The molecule has 0 saturated heterocycles. The molecule has 0 aliphatic heterocycles. The van der Waals surface area contributed by atoms with Gasteiger partial charge in [0.25, 0.3) is 0 Å². The van der Waals surface area contributed by atoms with Gasteiger partial charge in [-0.05, 0) is 24.3 Å². The van der Waals surface area contributed by atoms with E-state index in [1.54, 1.807) is 13.3 Å². The lowest BCUT2D eigenvalue weighted by molar-refractivity contribution is 0.417. The molecule has 1 heterocycles. The van der Waals surface area contributed by atoms with Crippen LogP contribution in [0.5, 0.6) is 5.75 Å². The molecule has 3 nitrogen and oxygen atoms in total. The first-order chi connectivity index (χ1) is 8.31. The van der Waals surface area contributed by atoms with E-state index in [1.807, 2.05) is 42.5 Å². The standard InChI is InChI=1S/C13H12N2OS/c1-16-12-8-3-2-6-10(12)15-13(17)11-7-4-5-9-14-11/h2-9H,1H3,(H,15,17). The molecule has 4 heteroatoms. The summed E-state index contributed by atoms with van der Waals surface area (Å²) >= 11 is 5.28. The minimum atomic E-state index is 0.579. The molecule has 0 bridgehead atoms. The highest BCUT2D eigenvalue weighted by Gasteiger charge is 2.05. The summed E-state index contributed by atoms with van der Waals surface area (Å²) in [6, 6.07) is 13.2. The zero-order chi connectivity index (χ0) is 12.1. The number of anilines is 1. The number of methoxy groups -OCH3 is 1. The van der Waals surface area contributed by atoms with Gasteiger partial charge in [-0.25, -0.2) is 0 Å². The number of ether oxygens (including phenoxy) is 1. The van der Waals surface area contributed by atoms with Crippen LogP contribution in [0.15, 0.2) is 48.7 Å². The Morgan fingerprint density at radius 1 is 1.18 bits per heavy atom. The van der Waals surface area contributed by atoms with Gasteiger partial charge in [-0.15, -0.1) is 0 Å². The fourth-order valence-electron chi connectivity index (χ4n) is 1.43. The van der Waals surface area contributed by atoms with E-state index in [1.165, 1.54) is 0 Å². The van der Waals surface area contributed by atoms with Gasteiger partial charge in [0.1, 0.15) is 10.7 Å². The second-order valence-electron chi connectivity index (χ2n) is 3.37. The number of rotatable bonds is 3. The molecule has 0 spiro atoms. The molecule has 0 amide bonds. The minimum absolute atomic E-state index is 0.579. The van der Waals surface area contributed by atoms with E-state index >= 15 is 0 Å². The van der Waals surface area contributed by atoms with Gasteiger partial charge in [0.2, 0.25) is 0 Å². The number of pyridine rings is 1. The number of benzene rings is 1. The minimum Gasteiger partial charge on any atom is -0.495 e. The molecule has 0 saturated carbocycles. The van der Waals surface area contributed by atoms with Gasteiger partial charge in [0.15, 0.2) is 0 Å². The number of nitrogens with zero attached hydrogens (tertiary/aromatic N) is 1. The second kappa shape index (κ2) is 5.41. The first-order valence-corrected chi connectivity index (χ1v) is 5.57. The summed E-state index contributed by atoms with van der Waals surface area (Å²) in [5.74, 6) is 0.755. The van der Waals surface area contributed by atoms with Gasteiger partial charge in [-0.3, -0.25) is 4.98 Å². The zero-order valence-corrected chi connectivity index (χ0v) is 10.2. The Bertz CT molecular complexity index is 514. The number of thiocarbonyl (C=S) groups is 1. The molecule has 0 aliphatic carbocycles. The molecule has 1 aromatic carbocycles. The average Bonchev–Trinajstić information content (AvgIpc) is 2.40. The highest BCUT2D eigenvalue weighted by molar-refractivity contribution is 7.81. The molecule has 86 valence electrons. The van der Waals surface area contributed by atoms with Crippen molar-refractivity contribution in [1.82, 2.24) is 4.98 Å². The lowest BCUT2D eigenvalue weighted by atomic mass is 10.2. The maximum atomic E-state index is 5.28. The Morgan fingerprint density at radius 3 is 2.65 bits per heavy atom. The van der Waals surface area contributed by atoms with Gasteiger partial charge in [-0.2, -0.15) is 0 Å². The van der Waals surface area contributed by atoms with Crippen LogP contribution in [0.2, 0.25) is 0 Å². The number of nitrogens with one attached hydrogen (secondary N) is 1. The van der Waals surface area contributed by atoms with E-state index in [2.05, 4.69) is 10.3 Å².